The zero-order chi connectivity index (χ0) is 11.8. The van der Waals surface area contributed by atoms with E-state index in [0.29, 0.717) is 17.1 Å². The lowest BCUT2D eigenvalue weighted by Gasteiger charge is -2.20. The van der Waals surface area contributed by atoms with E-state index in [1.54, 1.807) is 6.07 Å². The highest BCUT2D eigenvalue weighted by Gasteiger charge is 2.21. The molecule has 1 aliphatic heterocycles. The second-order valence-electron chi connectivity index (χ2n) is 5.73. The highest BCUT2D eigenvalue weighted by atomic mass is 16.3. The van der Waals surface area contributed by atoms with E-state index < -0.39 is 0 Å². The summed E-state index contributed by atoms with van der Waals surface area (Å²) in [7, 11) is 0. The maximum Gasteiger partial charge on any atom is 0.116 e. The number of hydrogen-bond donors (Lipinski definition) is 1. The summed E-state index contributed by atoms with van der Waals surface area (Å²) in [5.41, 5.74) is 2.54. The molecule has 0 aromatic heterocycles. The van der Waals surface area contributed by atoms with E-state index in [1.807, 2.05) is 18.3 Å². The Morgan fingerprint density at radius 1 is 1.31 bits per heavy atom. The van der Waals surface area contributed by atoms with Crippen LogP contribution in [0.5, 0.6) is 5.75 Å². The van der Waals surface area contributed by atoms with E-state index in [9.17, 15) is 5.11 Å². The van der Waals surface area contributed by atoms with Gasteiger partial charge in [-0.05, 0) is 42.0 Å². The van der Waals surface area contributed by atoms with Gasteiger partial charge in [-0.25, -0.2) is 0 Å². The van der Waals surface area contributed by atoms with Gasteiger partial charge >= 0.3 is 0 Å². The second-order valence-corrected chi connectivity index (χ2v) is 5.73. The van der Waals surface area contributed by atoms with Crippen LogP contribution in [0.15, 0.2) is 23.2 Å². The van der Waals surface area contributed by atoms with Crippen LogP contribution in [0, 0.1) is 5.41 Å². The molecule has 1 aliphatic rings. The largest absolute Gasteiger partial charge is 0.508 e. The quantitative estimate of drug-likeness (QED) is 0.797. The minimum absolute atomic E-state index is 0.338. The molecule has 16 heavy (non-hydrogen) atoms. The number of benzene rings is 1. The third kappa shape index (κ3) is 2.43. The Bertz CT molecular complexity index is 415. The standard InChI is InChI=1S/C14H19NO/c1-14(2,3)7-6-10-9-15-13-5-4-11(16)8-12(10)13/h4-5,8-10,16H,6-7H2,1-3H3. The Balaban J connectivity index is 2.11. The number of phenols is 1. The van der Waals surface area contributed by atoms with Crippen LogP contribution >= 0.6 is 0 Å². The van der Waals surface area contributed by atoms with E-state index in [4.69, 9.17) is 0 Å². The molecular weight excluding hydrogens is 198 g/mol. The lowest BCUT2D eigenvalue weighted by molar-refractivity contribution is 0.362. The van der Waals surface area contributed by atoms with Crippen LogP contribution < -0.4 is 0 Å². The van der Waals surface area contributed by atoms with Crippen LogP contribution in [-0.2, 0) is 0 Å². The molecule has 0 amide bonds. The van der Waals surface area contributed by atoms with Gasteiger partial charge < -0.3 is 5.11 Å². The average Bonchev–Trinajstić information content (AvgIpc) is 2.56. The Hall–Kier alpha value is -1.31. The normalized spacial score (nSPS) is 18.8. The highest BCUT2D eigenvalue weighted by Crippen LogP contribution is 2.38. The van der Waals surface area contributed by atoms with Crippen molar-refractivity contribution in [3.8, 4) is 5.75 Å². The maximum absolute atomic E-state index is 9.49. The summed E-state index contributed by atoms with van der Waals surface area (Å²) in [6, 6.07) is 5.43. The highest BCUT2D eigenvalue weighted by molar-refractivity contribution is 5.81. The fourth-order valence-corrected chi connectivity index (χ4v) is 2.03. The first-order valence-corrected chi connectivity index (χ1v) is 5.83. The van der Waals surface area contributed by atoms with Crippen molar-refractivity contribution in [2.24, 2.45) is 10.4 Å². The molecule has 2 heteroatoms. The summed E-state index contributed by atoms with van der Waals surface area (Å²) in [5.74, 6) is 0.714. The molecule has 0 saturated heterocycles. The van der Waals surface area contributed by atoms with Gasteiger partial charge in [-0.1, -0.05) is 20.8 Å². The second kappa shape index (κ2) is 3.93. The fourth-order valence-electron chi connectivity index (χ4n) is 2.03. The Morgan fingerprint density at radius 2 is 2.06 bits per heavy atom. The minimum atomic E-state index is 0.338. The molecule has 2 nitrogen and oxygen atoms in total. The molecule has 0 fully saturated rings. The number of fused-ring (bicyclic) bond motifs is 1. The molecule has 86 valence electrons. The SMILES string of the molecule is CC(C)(C)CCC1C=Nc2ccc(O)cc21. The topological polar surface area (TPSA) is 32.6 Å². The smallest absolute Gasteiger partial charge is 0.116 e. The van der Waals surface area contributed by atoms with Gasteiger partial charge in [-0.15, -0.1) is 0 Å². The average molecular weight is 217 g/mol. The Labute approximate surface area is 97.0 Å². The number of nitrogens with zero attached hydrogens (tertiary/aromatic N) is 1. The Kier molecular flexibility index (Phi) is 2.75. The van der Waals surface area contributed by atoms with Gasteiger partial charge in [-0.3, -0.25) is 4.99 Å². The van der Waals surface area contributed by atoms with E-state index in [0.717, 1.165) is 12.1 Å². The van der Waals surface area contributed by atoms with Gasteiger partial charge in [-0.2, -0.15) is 0 Å². The first-order chi connectivity index (χ1) is 7.46. The summed E-state index contributed by atoms with van der Waals surface area (Å²) < 4.78 is 0. The van der Waals surface area contributed by atoms with Crippen LogP contribution in [0.3, 0.4) is 0 Å². The molecule has 1 N–H and O–H groups in total. The van der Waals surface area contributed by atoms with Crippen molar-refractivity contribution in [2.45, 2.75) is 39.5 Å². The molecule has 0 spiro atoms. The van der Waals surface area contributed by atoms with Crippen LogP contribution in [0.2, 0.25) is 0 Å². The van der Waals surface area contributed by atoms with E-state index in [-0.39, 0.29) is 0 Å². The fraction of sp³-hybridized carbons (Fsp3) is 0.500. The van der Waals surface area contributed by atoms with E-state index in [2.05, 4.69) is 25.8 Å². The molecule has 2 rings (SSSR count). The number of rotatable bonds is 2. The monoisotopic (exact) mass is 217 g/mol. The number of aliphatic imine (C=N–C) groups is 1. The molecule has 1 aromatic rings. The predicted molar refractivity (Wildman–Crippen MR) is 67.7 cm³/mol. The van der Waals surface area contributed by atoms with Crippen molar-refractivity contribution in [1.82, 2.24) is 0 Å². The first-order valence-electron chi connectivity index (χ1n) is 5.83. The predicted octanol–water partition coefficient (Wildman–Crippen LogP) is 4.02. The van der Waals surface area contributed by atoms with Crippen LogP contribution in [-0.4, -0.2) is 11.3 Å². The van der Waals surface area contributed by atoms with Crippen LogP contribution in [0.25, 0.3) is 0 Å². The van der Waals surface area contributed by atoms with Gasteiger partial charge in [0.25, 0.3) is 0 Å². The third-order valence-corrected chi connectivity index (χ3v) is 3.01. The van der Waals surface area contributed by atoms with Gasteiger partial charge in [0.2, 0.25) is 0 Å². The molecule has 0 aliphatic carbocycles. The Morgan fingerprint density at radius 3 is 2.75 bits per heavy atom. The molecule has 1 heterocycles. The molecule has 0 radical (unpaired) electrons. The molecular formula is C14H19NO. The first kappa shape index (κ1) is 11.2. The van der Waals surface area contributed by atoms with Gasteiger partial charge in [0.05, 0.1) is 5.69 Å². The summed E-state index contributed by atoms with van der Waals surface area (Å²) >= 11 is 0. The molecule has 0 bridgehead atoms. The zero-order valence-electron chi connectivity index (χ0n) is 10.2. The van der Waals surface area contributed by atoms with Crippen molar-refractivity contribution >= 4 is 11.9 Å². The lowest BCUT2D eigenvalue weighted by Crippen LogP contribution is -2.07. The zero-order valence-corrected chi connectivity index (χ0v) is 10.2. The lowest BCUT2D eigenvalue weighted by atomic mass is 9.85. The summed E-state index contributed by atoms with van der Waals surface area (Å²) in [4.78, 5) is 4.39. The minimum Gasteiger partial charge on any atom is -0.508 e. The maximum atomic E-state index is 9.49. The van der Waals surface area contributed by atoms with E-state index >= 15 is 0 Å². The van der Waals surface area contributed by atoms with Gasteiger partial charge in [0.15, 0.2) is 0 Å². The van der Waals surface area contributed by atoms with Crippen molar-refractivity contribution in [3.05, 3.63) is 23.8 Å². The number of aromatic hydroxyl groups is 1. The molecule has 1 unspecified atom stereocenters. The molecule has 1 atom stereocenters. The summed E-state index contributed by atoms with van der Waals surface area (Å²) in [6.45, 7) is 6.76. The van der Waals surface area contributed by atoms with Crippen molar-refractivity contribution < 1.29 is 5.11 Å². The van der Waals surface area contributed by atoms with Crippen molar-refractivity contribution in [3.63, 3.8) is 0 Å². The van der Waals surface area contributed by atoms with Crippen molar-refractivity contribution in [1.29, 1.82) is 0 Å². The number of phenolic OH excluding ortho intramolecular Hbond substituents is 1. The molecule has 1 aromatic carbocycles. The molecule has 0 saturated carbocycles. The number of hydrogen-bond acceptors (Lipinski definition) is 2. The summed E-state index contributed by atoms with van der Waals surface area (Å²) in [6.07, 6.45) is 4.28. The van der Waals surface area contributed by atoms with Crippen molar-refractivity contribution in [2.75, 3.05) is 0 Å². The van der Waals surface area contributed by atoms with Crippen LogP contribution in [0.4, 0.5) is 5.69 Å². The van der Waals surface area contributed by atoms with E-state index in [1.165, 1.54) is 12.0 Å². The van der Waals surface area contributed by atoms with Gasteiger partial charge in [0.1, 0.15) is 5.75 Å². The van der Waals surface area contributed by atoms with Crippen LogP contribution in [0.1, 0.15) is 45.1 Å². The third-order valence-electron chi connectivity index (χ3n) is 3.01. The summed E-state index contributed by atoms with van der Waals surface area (Å²) in [5, 5.41) is 9.49. The van der Waals surface area contributed by atoms with Gasteiger partial charge in [0, 0.05) is 12.1 Å².